The molecule has 1 N–H and O–H groups in total. The number of halogens is 1. The minimum absolute atomic E-state index is 0.0184. The third kappa shape index (κ3) is 2.77. The Bertz CT molecular complexity index is 559. The predicted molar refractivity (Wildman–Crippen MR) is 85.6 cm³/mol. The van der Waals surface area contributed by atoms with E-state index >= 15 is 0 Å². The smallest absolute Gasteiger partial charge is 0.196 e. The number of Topliss-reactive ketones (excluding diaryl/α,β-unsaturated/α-hetero) is 1. The Morgan fingerprint density at radius 1 is 1.19 bits per heavy atom. The highest BCUT2D eigenvalue weighted by Crippen LogP contribution is 2.38. The molecule has 1 fully saturated rings. The van der Waals surface area contributed by atoms with Gasteiger partial charge in [-0.05, 0) is 49.9 Å². The first-order valence-electron chi connectivity index (χ1n) is 7.54. The van der Waals surface area contributed by atoms with Crippen LogP contribution in [-0.4, -0.2) is 17.3 Å². The molecule has 0 amide bonds. The maximum absolute atomic E-state index is 11.7. The summed E-state index contributed by atoms with van der Waals surface area (Å²) in [5.74, 6) is 0.446. The van der Waals surface area contributed by atoms with Gasteiger partial charge >= 0.3 is 0 Å². The first-order chi connectivity index (χ1) is 10.1. The molecule has 5 heteroatoms. The van der Waals surface area contributed by atoms with Crippen LogP contribution in [0.1, 0.15) is 45.4 Å². The Balaban J connectivity index is 1.98. The highest BCUT2D eigenvalue weighted by molar-refractivity contribution is 6.38. The molecule has 0 atom stereocenters. The van der Waals surface area contributed by atoms with Gasteiger partial charge in [-0.1, -0.05) is 24.4 Å². The average molecular weight is 306 g/mol. The van der Waals surface area contributed by atoms with Crippen LogP contribution >= 0.6 is 11.6 Å². The van der Waals surface area contributed by atoms with Crippen molar-refractivity contribution in [2.45, 2.75) is 51.1 Å². The van der Waals surface area contributed by atoms with Crippen molar-refractivity contribution in [3.63, 3.8) is 0 Å². The van der Waals surface area contributed by atoms with Gasteiger partial charge in [-0.25, -0.2) is 4.99 Å². The Kier molecular flexibility index (Phi) is 3.89. The van der Waals surface area contributed by atoms with Gasteiger partial charge in [0.2, 0.25) is 0 Å². The molecule has 1 aliphatic heterocycles. The minimum atomic E-state index is -0.328. The summed E-state index contributed by atoms with van der Waals surface area (Å²) in [7, 11) is 0. The van der Waals surface area contributed by atoms with Gasteiger partial charge in [0, 0.05) is 11.9 Å². The normalized spacial score (nSPS) is 20.9. The summed E-state index contributed by atoms with van der Waals surface area (Å²) in [6.45, 7) is 1.56. The third-order valence-electron chi connectivity index (χ3n) is 4.28. The topological polar surface area (TPSA) is 44.7 Å². The predicted octanol–water partition coefficient (Wildman–Crippen LogP) is 3.70. The van der Waals surface area contributed by atoms with E-state index in [0.29, 0.717) is 10.9 Å². The van der Waals surface area contributed by atoms with E-state index in [2.05, 4.69) is 10.4 Å². The lowest BCUT2D eigenvalue weighted by atomic mass is 10.00. The minimum Gasteiger partial charge on any atom is -0.291 e. The lowest BCUT2D eigenvalue weighted by molar-refractivity contribution is -0.111. The van der Waals surface area contributed by atoms with Crippen LogP contribution in [0, 0.1) is 0 Å². The molecule has 1 aromatic carbocycles. The van der Waals surface area contributed by atoms with Gasteiger partial charge in [-0.2, -0.15) is 0 Å². The van der Waals surface area contributed by atoms with Crippen LogP contribution in [0.4, 0.5) is 5.69 Å². The summed E-state index contributed by atoms with van der Waals surface area (Å²) in [5.41, 5.74) is 3.88. The number of carbonyl (C=O) groups is 1. The summed E-state index contributed by atoms with van der Waals surface area (Å²) >= 11 is 5.98. The molecule has 2 aliphatic rings. The zero-order valence-electron chi connectivity index (χ0n) is 12.2. The second kappa shape index (κ2) is 5.68. The van der Waals surface area contributed by atoms with Crippen molar-refractivity contribution < 1.29 is 4.79 Å². The van der Waals surface area contributed by atoms with Gasteiger partial charge in [0.25, 0.3) is 0 Å². The van der Waals surface area contributed by atoms with Crippen molar-refractivity contribution in [2.75, 3.05) is 5.01 Å². The number of nitrogens with zero attached hydrogens (tertiary/aromatic N) is 2. The van der Waals surface area contributed by atoms with E-state index in [1.165, 1.54) is 12.8 Å². The standard InChI is InChI=1S/C16H20ClN3O/c1-12(21)15-18-16(10-4-2-3-5-11-16)20(19-15)14-8-6-13(17)7-9-14/h6-9H,2-5,10-11H2,1H3,(H,18,19). The summed E-state index contributed by atoms with van der Waals surface area (Å²) in [4.78, 5) is 16.5. The number of amidine groups is 1. The average Bonchev–Trinajstić information content (AvgIpc) is 2.67. The van der Waals surface area contributed by atoms with Crippen molar-refractivity contribution in [2.24, 2.45) is 4.99 Å². The number of nitrogens with one attached hydrogen (secondary N) is 1. The molecule has 0 radical (unpaired) electrons. The van der Waals surface area contributed by atoms with Crippen molar-refractivity contribution >= 4 is 28.9 Å². The largest absolute Gasteiger partial charge is 0.291 e. The molecule has 0 saturated heterocycles. The van der Waals surface area contributed by atoms with E-state index < -0.39 is 0 Å². The Hall–Kier alpha value is -1.55. The molecule has 3 rings (SSSR count). The number of rotatable bonds is 2. The number of hydrogen-bond acceptors (Lipinski definition) is 4. The number of aliphatic imine (C=N–C) groups is 1. The van der Waals surface area contributed by atoms with Crippen LogP contribution in [0.25, 0.3) is 0 Å². The van der Waals surface area contributed by atoms with E-state index in [-0.39, 0.29) is 11.4 Å². The van der Waals surface area contributed by atoms with Crippen LogP contribution in [0.2, 0.25) is 5.02 Å². The van der Waals surface area contributed by atoms with E-state index in [1.807, 2.05) is 24.3 Å². The Morgan fingerprint density at radius 2 is 1.81 bits per heavy atom. The molecule has 0 bridgehead atoms. The molecule has 0 aromatic heterocycles. The lowest BCUT2D eigenvalue weighted by Gasteiger charge is -2.36. The number of carbonyl (C=O) groups excluding carboxylic acids is 1. The van der Waals surface area contributed by atoms with Crippen molar-refractivity contribution in [3.8, 4) is 0 Å². The zero-order valence-corrected chi connectivity index (χ0v) is 13.0. The number of hydrogen-bond donors (Lipinski definition) is 1. The molecule has 1 aliphatic carbocycles. The first kappa shape index (κ1) is 14.4. The van der Waals surface area contributed by atoms with E-state index in [4.69, 9.17) is 16.6 Å². The SMILES string of the molecule is CC(=O)C1=NC2(CCCCCC2)N(c2ccc(Cl)cc2)N1. The van der Waals surface area contributed by atoms with Crippen LogP contribution < -0.4 is 10.4 Å². The highest BCUT2D eigenvalue weighted by atomic mass is 35.5. The quantitative estimate of drug-likeness (QED) is 0.906. The van der Waals surface area contributed by atoms with Crippen LogP contribution in [-0.2, 0) is 4.79 Å². The maximum Gasteiger partial charge on any atom is 0.196 e. The first-order valence-corrected chi connectivity index (χ1v) is 7.92. The molecule has 21 heavy (non-hydrogen) atoms. The number of benzene rings is 1. The van der Waals surface area contributed by atoms with E-state index in [0.717, 1.165) is 31.4 Å². The summed E-state index contributed by atoms with van der Waals surface area (Å²) in [5, 5.41) is 2.77. The van der Waals surface area contributed by atoms with Crippen LogP contribution in [0.15, 0.2) is 29.3 Å². The molecule has 0 unspecified atom stereocenters. The fourth-order valence-corrected chi connectivity index (χ4v) is 3.30. The number of hydrazine groups is 1. The van der Waals surface area contributed by atoms with Gasteiger partial charge < -0.3 is 0 Å². The second-order valence-electron chi connectivity index (χ2n) is 5.84. The van der Waals surface area contributed by atoms with Crippen molar-refractivity contribution in [1.29, 1.82) is 0 Å². The van der Waals surface area contributed by atoms with Gasteiger partial charge in [0.15, 0.2) is 17.3 Å². The lowest BCUT2D eigenvalue weighted by Crippen LogP contribution is -2.50. The summed E-state index contributed by atoms with van der Waals surface area (Å²) in [6, 6.07) is 7.69. The summed E-state index contributed by atoms with van der Waals surface area (Å²) in [6.07, 6.45) is 6.70. The monoisotopic (exact) mass is 305 g/mol. The molecule has 1 aromatic rings. The number of anilines is 1. The van der Waals surface area contributed by atoms with Gasteiger partial charge in [-0.15, -0.1) is 0 Å². The molecule has 1 spiro atoms. The third-order valence-corrected chi connectivity index (χ3v) is 4.53. The highest BCUT2D eigenvalue weighted by Gasteiger charge is 2.43. The fourth-order valence-electron chi connectivity index (χ4n) is 3.18. The number of ketones is 1. The van der Waals surface area contributed by atoms with Crippen LogP contribution in [0.5, 0.6) is 0 Å². The van der Waals surface area contributed by atoms with Crippen molar-refractivity contribution in [3.05, 3.63) is 29.3 Å². The van der Waals surface area contributed by atoms with E-state index in [9.17, 15) is 4.79 Å². The zero-order chi connectivity index (χ0) is 14.9. The molecular formula is C16H20ClN3O. The maximum atomic E-state index is 11.7. The second-order valence-corrected chi connectivity index (χ2v) is 6.27. The van der Waals surface area contributed by atoms with Gasteiger partial charge in [0.05, 0.1) is 5.69 Å². The fraction of sp³-hybridized carbons (Fsp3) is 0.500. The molecule has 1 saturated carbocycles. The molecule has 112 valence electrons. The van der Waals surface area contributed by atoms with Gasteiger partial charge in [0.1, 0.15) is 0 Å². The van der Waals surface area contributed by atoms with E-state index in [1.54, 1.807) is 6.92 Å². The van der Waals surface area contributed by atoms with Crippen LogP contribution in [0.3, 0.4) is 0 Å². The summed E-state index contributed by atoms with van der Waals surface area (Å²) < 4.78 is 0. The Morgan fingerprint density at radius 3 is 2.38 bits per heavy atom. The molecular weight excluding hydrogens is 286 g/mol. The molecule has 4 nitrogen and oxygen atoms in total. The Labute approximate surface area is 130 Å². The van der Waals surface area contributed by atoms with Crippen molar-refractivity contribution in [1.82, 2.24) is 5.43 Å². The van der Waals surface area contributed by atoms with Gasteiger partial charge in [-0.3, -0.25) is 15.2 Å². The molecule has 1 heterocycles.